The Morgan fingerprint density at radius 2 is 2.14 bits per heavy atom. The van der Waals surface area contributed by atoms with Crippen LogP contribution in [0.4, 0.5) is 0 Å². The Labute approximate surface area is 126 Å². The van der Waals surface area contributed by atoms with Crippen LogP contribution in [-0.4, -0.2) is 21.1 Å². The van der Waals surface area contributed by atoms with Crippen molar-refractivity contribution in [3.63, 3.8) is 0 Å². The first kappa shape index (κ1) is 13.5. The molecule has 0 aliphatic rings. The van der Waals surface area contributed by atoms with Crippen LogP contribution < -0.4 is 0 Å². The molecule has 0 aliphatic carbocycles. The van der Waals surface area contributed by atoms with Crippen LogP contribution in [0.5, 0.6) is 0 Å². The Kier molecular flexibility index (Phi) is 3.79. The smallest absolute Gasteiger partial charge is 0.219 e. The number of nitrogens with zero attached hydrogens (tertiary/aromatic N) is 3. The third-order valence-electron chi connectivity index (χ3n) is 3.10. The molecule has 0 atom stereocenters. The monoisotopic (exact) mass is 298 g/mol. The molecule has 2 aromatic heterocycles. The maximum absolute atomic E-state index is 5.33. The number of aryl methyl sites for hydroxylation is 1. The highest BCUT2D eigenvalue weighted by Crippen LogP contribution is 2.17. The van der Waals surface area contributed by atoms with E-state index < -0.39 is 0 Å². The lowest BCUT2D eigenvalue weighted by atomic mass is 10.1. The summed E-state index contributed by atoms with van der Waals surface area (Å²) in [7, 11) is 0. The van der Waals surface area contributed by atoms with Crippen molar-refractivity contribution in [1.29, 1.82) is 0 Å². The SMILES string of the molecule is CCc1ccc(/C=N/n2c(-c3ccco3)n[nH]c2=S)cc1. The second-order valence-electron chi connectivity index (χ2n) is 4.48. The van der Waals surface area contributed by atoms with Crippen molar-refractivity contribution >= 4 is 18.4 Å². The van der Waals surface area contributed by atoms with Crippen LogP contribution in [0.25, 0.3) is 11.6 Å². The number of H-pyrrole nitrogens is 1. The minimum atomic E-state index is 0.419. The number of benzene rings is 1. The summed E-state index contributed by atoms with van der Waals surface area (Å²) < 4.78 is 7.30. The number of hydrogen-bond acceptors (Lipinski definition) is 4. The molecule has 3 rings (SSSR count). The molecule has 0 fully saturated rings. The fourth-order valence-corrected chi connectivity index (χ4v) is 2.11. The summed E-state index contributed by atoms with van der Waals surface area (Å²) in [6.45, 7) is 2.13. The van der Waals surface area contributed by atoms with Gasteiger partial charge < -0.3 is 4.42 Å². The summed E-state index contributed by atoms with van der Waals surface area (Å²) in [5.74, 6) is 1.16. The first-order valence-corrected chi connectivity index (χ1v) is 7.03. The quantitative estimate of drug-likeness (QED) is 0.591. The van der Waals surface area contributed by atoms with Crippen molar-refractivity contribution in [2.75, 3.05) is 0 Å². The van der Waals surface area contributed by atoms with Crippen LogP contribution in [0.1, 0.15) is 18.1 Å². The minimum Gasteiger partial charge on any atom is -0.461 e. The number of furan rings is 1. The molecule has 0 amide bonds. The number of hydrogen-bond donors (Lipinski definition) is 1. The van der Waals surface area contributed by atoms with Crippen molar-refractivity contribution in [3.8, 4) is 11.6 Å². The van der Waals surface area contributed by atoms with E-state index in [4.69, 9.17) is 16.6 Å². The Morgan fingerprint density at radius 1 is 1.33 bits per heavy atom. The lowest BCUT2D eigenvalue weighted by molar-refractivity contribution is 0.573. The van der Waals surface area contributed by atoms with Crippen LogP contribution >= 0.6 is 12.2 Å². The van der Waals surface area contributed by atoms with Crippen LogP contribution in [0.15, 0.2) is 52.2 Å². The molecule has 3 aromatic rings. The van der Waals surface area contributed by atoms with Gasteiger partial charge >= 0.3 is 0 Å². The maximum Gasteiger partial charge on any atom is 0.219 e. The molecule has 2 heterocycles. The summed E-state index contributed by atoms with van der Waals surface area (Å²) in [6.07, 6.45) is 4.36. The minimum absolute atomic E-state index is 0.419. The molecule has 21 heavy (non-hydrogen) atoms. The highest BCUT2D eigenvalue weighted by atomic mass is 32.1. The van der Waals surface area contributed by atoms with Gasteiger partial charge in [0.15, 0.2) is 5.76 Å². The third-order valence-corrected chi connectivity index (χ3v) is 3.37. The molecule has 0 saturated carbocycles. The lowest BCUT2D eigenvalue weighted by Gasteiger charge is -1.99. The van der Waals surface area contributed by atoms with E-state index in [2.05, 4.69) is 34.4 Å². The van der Waals surface area contributed by atoms with Gasteiger partial charge in [-0.2, -0.15) is 9.78 Å². The maximum atomic E-state index is 5.33. The molecule has 5 nitrogen and oxygen atoms in total. The third kappa shape index (κ3) is 2.85. The van der Waals surface area contributed by atoms with Gasteiger partial charge in [-0.3, -0.25) is 0 Å². The first-order valence-electron chi connectivity index (χ1n) is 6.62. The van der Waals surface area contributed by atoms with Gasteiger partial charge in [0.05, 0.1) is 12.5 Å². The Bertz CT molecular complexity index is 797. The summed E-state index contributed by atoms with van der Waals surface area (Å²) in [6, 6.07) is 11.8. The van der Waals surface area contributed by atoms with Gasteiger partial charge in [-0.1, -0.05) is 31.2 Å². The molecule has 0 bridgehead atoms. The van der Waals surface area contributed by atoms with E-state index >= 15 is 0 Å². The van der Waals surface area contributed by atoms with Crippen LogP contribution in [0, 0.1) is 4.77 Å². The molecule has 0 unspecified atom stereocenters. The lowest BCUT2D eigenvalue weighted by Crippen LogP contribution is -1.94. The van der Waals surface area contributed by atoms with Gasteiger partial charge in [-0.05, 0) is 41.9 Å². The van der Waals surface area contributed by atoms with E-state index in [0.29, 0.717) is 16.4 Å². The second kappa shape index (κ2) is 5.88. The number of aromatic nitrogens is 3. The van der Waals surface area contributed by atoms with Crippen molar-refractivity contribution < 1.29 is 4.42 Å². The number of aromatic amines is 1. The molecule has 0 aliphatic heterocycles. The van der Waals surface area contributed by atoms with Gasteiger partial charge in [0.25, 0.3) is 0 Å². The van der Waals surface area contributed by atoms with E-state index in [1.54, 1.807) is 23.2 Å². The highest BCUT2D eigenvalue weighted by molar-refractivity contribution is 7.71. The molecule has 0 spiro atoms. The fraction of sp³-hybridized carbons (Fsp3) is 0.133. The van der Waals surface area contributed by atoms with E-state index in [1.165, 1.54) is 5.56 Å². The predicted molar refractivity (Wildman–Crippen MR) is 83.9 cm³/mol. The highest BCUT2D eigenvalue weighted by Gasteiger charge is 2.10. The van der Waals surface area contributed by atoms with Crippen molar-refractivity contribution in [3.05, 3.63) is 58.6 Å². The van der Waals surface area contributed by atoms with Crippen molar-refractivity contribution in [2.24, 2.45) is 5.10 Å². The normalized spacial score (nSPS) is 11.3. The molecule has 0 saturated heterocycles. The molecule has 1 aromatic carbocycles. The molecular formula is C15H14N4OS. The average Bonchev–Trinajstić information content (AvgIpc) is 3.15. The van der Waals surface area contributed by atoms with E-state index in [9.17, 15) is 0 Å². The van der Waals surface area contributed by atoms with E-state index in [-0.39, 0.29) is 0 Å². The van der Waals surface area contributed by atoms with Crippen LogP contribution in [-0.2, 0) is 6.42 Å². The predicted octanol–water partition coefficient (Wildman–Crippen LogP) is 3.65. The fourth-order valence-electron chi connectivity index (χ4n) is 1.93. The largest absolute Gasteiger partial charge is 0.461 e. The van der Waals surface area contributed by atoms with Crippen molar-refractivity contribution in [2.45, 2.75) is 13.3 Å². The Balaban J connectivity index is 1.92. The van der Waals surface area contributed by atoms with Gasteiger partial charge in [-0.15, -0.1) is 5.10 Å². The summed E-state index contributed by atoms with van der Waals surface area (Å²) >= 11 is 5.19. The Morgan fingerprint density at radius 3 is 2.81 bits per heavy atom. The van der Waals surface area contributed by atoms with Gasteiger partial charge in [0.1, 0.15) is 0 Å². The topological polar surface area (TPSA) is 59.1 Å². The zero-order chi connectivity index (χ0) is 14.7. The Hall–Kier alpha value is -2.47. The summed E-state index contributed by atoms with van der Waals surface area (Å²) in [4.78, 5) is 0. The second-order valence-corrected chi connectivity index (χ2v) is 4.87. The van der Waals surface area contributed by atoms with E-state index in [1.807, 2.05) is 18.2 Å². The molecule has 0 radical (unpaired) electrons. The zero-order valence-electron chi connectivity index (χ0n) is 11.5. The van der Waals surface area contributed by atoms with Gasteiger partial charge in [0, 0.05) is 0 Å². The van der Waals surface area contributed by atoms with Crippen LogP contribution in [0.2, 0.25) is 0 Å². The average molecular weight is 298 g/mol. The summed E-state index contributed by atoms with van der Waals surface area (Å²) in [5, 5.41) is 11.2. The molecule has 1 N–H and O–H groups in total. The number of rotatable bonds is 4. The van der Waals surface area contributed by atoms with Gasteiger partial charge in [-0.25, -0.2) is 5.10 Å². The molecule has 6 heteroatoms. The molecule has 106 valence electrons. The van der Waals surface area contributed by atoms with E-state index in [0.717, 1.165) is 12.0 Å². The standard InChI is InChI=1S/C15H14N4OS/c1-2-11-5-7-12(8-6-11)10-16-19-14(17-18-15(19)21)13-4-3-9-20-13/h3-10H,2H2,1H3,(H,18,21)/b16-10+. The first-order chi connectivity index (χ1) is 10.3. The number of nitrogens with one attached hydrogen (secondary N) is 1. The summed E-state index contributed by atoms with van der Waals surface area (Å²) in [5.41, 5.74) is 2.30. The van der Waals surface area contributed by atoms with Gasteiger partial charge in [0.2, 0.25) is 10.6 Å². The zero-order valence-corrected chi connectivity index (χ0v) is 12.3. The molecular weight excluding hydrogens is 284 g/mol. The van der Waals surface area contributed by atoms with Crippen molar-refractivity contribution in [1.82, 2.24) is 14.9 Å². The van der Waals surface area contributed by atoms with Crippen LogP contribution in [0.3, 0.4) is 0 Å².